The number of rotatable bonds is 4. The molecule has 3 aromatic rings. The molecule has 2 bridgehead atoms. The number of imide groups is 1. The summed E-state index contributed by atoms with van der Waals surface area (Å²) in [5, 5.41) is 0. The van der Waals surface area contributed by atoms with Crippen LogP contribution in [0.25, 0.3) is 0 Å². The molecule has 1 heterocycles. The van der Waals surface area contributed by atoms with Crippen LogP contribution in [0.2, 0.25) is 0 Å². The summed E-state index contributed by atoms with van der Waals surface area (Å²) in [7, 11) is 0. The van der Waals surface area contributed by atoms with Gasteiger partial charge in [0.05, 0.1) is 11.8 Å². The van der Waals surface area contributed by atoms with E-state index >= 15 is 0 Å². The van der Waals surface area contributed by atoms with Crippen LogP contribution < -0.4 is 0 Å². The summed E-state index contributed by atoms with van der Waals surface area (Å²) in [4.78, 5) is 38.5. The van der Waals surface area contributed by atoms with E-state index in [9.17, 15) is 14.4 Å². The molecule has 7 rings (SSSR count). The second-order valence-corrected chi connectivity index (χ2v) is 11.1. The molecule has 3 aliphatic carbocycles. The Morgan fingerprint density at radius 1 is 0.800 bits per heavy atom. The van der Waals surface area contributed by atoms with Crippen molar-refractivity contribution in [1.29, 1.82) is 0 Å². The fourth-order valence-electron chi connectivity index (χ4n) is 5.80. The molecule has 5 nitrogen and oxygen atoms in total. The molecule has 0 unspecified atom stereocenters. The summed E-state index contributed by atoms with van der Waals surface area (Å²) >= 11 is 18.1. The first kappa shape index (κ1) is 22.8. The zero-order valence-electron chi connectivity index (χ0n) is 18.2. The highest BCUT2D eigenvalue weighted by Crippen LogP contribution is 2.69. The molecule has 176 valence electrons. The third-order valence-corrected chi connectivity index (χ3v) is 9.09. The Morgan fingerprint density at radius 3 is 1.66 bits per heavy atom. The highest BCUT2D eigenvalue weighted by molar-refractivity contribution is 9.10. The van der Waals surface area contributed by atoms with E-state index in [0.29, 0.717) is 0 Å². The Morgan fingerprint density at radius 2 is 1.23 bits per heavy atom. The minimum absolute atomic E-state index is 0.0327. The summed E-state index contributed by atoms with van der Waals surface area (Å²) in [6.07, 6.45) is 0. The molecule has 8 heteroatoms. The molecule has 0 N–H and O–H groups in total. The fourth-order valence-corrected chi connectivity index (χ4v) is 7.16. The molecule has 2 amide bonds. The Balaban J connectivity index is 1.35. The predicted molar refractivity (Wildman–Crippen MR) is 134 cm³/mol. The topological polar surface area (TPSA) is 63.7 Å². The maximum atomic E-state index is 13.7. The van der Waals surface area contributed by atoms with Crippen LogP contribution in [-0.2, 0) is 35.5 Å². The Hall–Kier alpha value is -2.67. The normalized spacial score (nSPS) is 27.9. The Bertz CT molecular complexity index is 1280. The average molecular weight is 571 g/mol. The number of nitrogens with zero attached hydrogens (tertiary/aromatic N) is 1. The lowest BCUT2D eigenvalue weighted by Crippen LogP contribution is -2.57. The number of ether oxygens (including phenoxy) is 1. The van der Waals surface area contributed by atoms with Gasteiger partial charge in [0.2, 0.25) is 11.8 Å². The van der Waals surface area contributed by atoms with Gasteiger partial charge in [-0.2, -0.15) is 0 Å². The number of carbonyl (C=O) groups excluding carboxylic acids is 3. The van der Waals surface area contributed by atoms with Gasteiger partial charge in [-0.1, -0.05) is 76.6 Å². The van der Waals surface area contributed by atoms with Gasteiger partial charge in [0.1, 0.15) is 22.9 Å². The second-order valence-electron chi connectivity index (χ2n) is 9.02. The Labute approximate surface area is 220 Å². The van der Waals surface area contributed by atoms with Crippen LogP contribution in [0.4, 0.5) is 0 Å². The van der Waals surface area contributed by atoms with Gasteiger partial charge in [-0.15, -0.1) is 23.2 Å². The fraction of sp³-hybridized carbons (Fsp3) is 0.222. The average Bonchev–Trinajstić information content (AvgIpc) is 3.13. The highest BCUT2D eigenvalue weighted by Gasteiger charge is 2.73. The van der Waals surface area contributed by atoms with E-state index in [2.05, 4.69) is 15.9 Å². The number of amides is 2. The minimum Gasteiger partial charge on any atom is -0.459 e. The molecule has 4 aliphatic rings. The number of likely N-dealkylation sites (tertiary alicyclic amines) is 1. The van der Waals surface area contributed by atoms with Crippen molar-refractivity contribution in [3.8, 4) is 0 Å². The number of esters is 1. The van der Waals surface area contributed by atoms with Crippen molar-refractivity contribution in [2.45, 2.75) is 16.4 Å². The number of hydrogen-bond acceptors (Lipinski definition) is 4. The molecule has 3 aromatic carbocycles. The molecular formula is C27H18BrCl2NO4. The molecule has 1 saturated heterocycles. The minimum atomic E-state index is -1.27. The maximum absolute atomic E-state index is 13.7. The third kappa shape index (κ3) is 3.03. The smallest absolute Gasteiger partial charge is 0.326 e. The molecule has 35 heavy (non-hydrogen) atoms. The highest BCUT2D eigenvalue weighted by atomic mass is 79.9. The second kappa shape index (κ2) is 7.92. The third-order valence-electron chi connectivity index (χ3n) is 7.28. The van der Waals surface area contributed by atoms with Crippen molar-refractivity contribution in [2.75, 3.05) is 6.54 Å². The molecule has 0 radical (unpaired) electrons. The molecule has 1 aliphatic heterocycles. The van der Waals surface area contributed by atoms with Crippen LogP contribution in [0.5, 0.6) is 0 Å². The quantitative estimate of drug-likeness (QED) is 0.249. The first-order valence-electron chi connectivity index (χ1n) is 11.1. The van der Waals surface area contributed by atoms with Gasteiger partial charge < -0.3 is 4.74 Å². The largest absolute Gasteiger partial charge is 0.459 e. The van der Waals surface area contributed by atoms with Crippen molar-refractivity contribution in [3.63, 3.8) is 0 Å². The van der Waals surface area contributed by atoms with Crippen molar-refractivity contribution in [3.05, 3.63) is 105 Å². The summed E-state index contributed by atoms with van der Waals surface area (Å²) in [5.74, 6) is -3.56. The van der Waals surface area contributed by atoms with E-state index in [-0.39, 0.29) is 6.61 Å². The van der Waals surface area contributed by atoms with Gasteiger partial charge >= 0.3 is 5.97 Å². The van der Waals surface area contributed by atoms with E-state index in [4.69, 9.17) is 27.9 Å². The van der Waals surface area contributed by atoms with Crippen LogP contribution in [-0.4, -0.2) is 29.2 Å². The first-order valence-corrected chi connectivity index (χ1v) is 12.7. The van der Waals surface area contributed by atoms with Crippen molar-refractivity contribution in [2.24, 2.45) is 11.8 Å². The zero-order valence-corrected chi connectivity index (χ0v) is 21.3. The zero-order chi connectivity index (χ0) is 24.5. The summed E-state index contributed by atoms with van der Waals surface area (Å²) in [6.45, 7) is -0.460. The van der Waals surface area contributed by atoms with Gasteiger partial charge in [0.15, 0.2) is 0 Å². The molecule has 0 saturated carbocycles. The van der Waals surface area contributed by atoms with Crippen LogP contribution in [0.15, 0.2) is 77.3 Å². The van der Waals surface area contributed by atoms with Gasteiger partial charge in [0, 0.05) is 4.47 Å². The predicted octanol–water partition coefficient (Wildman–Crippen LogP) is 5.09. The van der Waals surface area contributed by atoms with E-state index in [0.717, 1.165) is 37.2 Å². The summed E-state index contributed by atoms with van der Waals surface area (Å²) < 4.78 is 6.26. The van der Waals surface area contributed by atoms with Crippen molar-refractivity contribution in [1.82, 2.24) is 4.90 Å². The van der Waals surface area contributed by atoms with Crippen LogP contribution >= 0.6 is 39.1 Å². The molecule has 2 atom stereocenters. The standard InChI is InChI=1S/C27H18BrCl2NO4/c28-16-11-9-15(10-12-16)14-35-21(32)13-31-24(33)22-23(25(31)34)27(30)18-6-2-1-5-17(18)26(22,29)19-7-3-4-8-20(19)27/h1-12,22-23H,13-14H2/t22-,23+,26?,27?. The number of alkyl halides is 2. The summed E-state index contributed by atoms with van der Waals surface area (Å²) in [6, 6.07) is 22.1. The van der Waals surface area contributed by atoms with E-state index < -0.39 is 45.9 Å². The van der Waals surface area contributed by atoms with Crippen LogP contribution in [0, 0.1) is 11.8 Å². The van der Waals surface area contributed by atoms with Crippen LogP contribution in [0.1, 0.15) is 27.8 Å². The number of halogens is 3. The summed E-state index contributed by atoms with van der Waals surface area (Å²) in [5.41, 5.74) is 3.67. The molecule has 1 fully saturated rings. The number of benzene rings is 3. The van der Waals surface area contributed by atoms with Gasteiger partial charge in [-0.25, -0.2) is 0 Å². The van der Waals surface area contributed by atoms with Crippen LogP contribution in [0.3, 0.4) is 0 Å². The molecule has 0 aromatic heterocycles. The first-order chi connectivity index (χ1) is 16.8. The Kier molecular flexibility index (Phi) is 5.15. The number of hydrogen-bond donors (Lipinski definition) is 0. The SMILES string of the molecule is O=C(CN1C(=O)[C@@H]2[C@H](C1=O)C1(Cl)c3ccccc3C2(Cl)c2ccccc21)OCc1ccc(Br)cc1. The number of carbonyl (C=O) groups is 3. The molecular weight excluding hydrogens is 553 g/mol. The van der Waals surface area contributed by atoms with Gasteiger partial charge in [-0.3, -0.25) is 19.3 Å². The van der Waals surface area contributed by atoms with E-state index in [1.807, 2.05) is 72.8 Å². The maximum Gasteiger partial charge on any atom is 0.326 e. The monoisotopic (exact) mass is 569 g/mol. The lowest BCUT2D eigenvalue weighted by Gasteiger charge is -2.54. The lowest BCUT2D eigenvalue weighted by molar-refractivity contribution is -0.153. The van der Waals surface area contributed by atoms with E-state index in [1.165, 1.54) is 0 Å². The van der Waals surface area contributed by atoms with Gasteiger partial charge in [-0.05, 0) is 39.9 Å². The van der Waals surface area contributed by atoms with Crippen molar-refractivity contribution < 1.29 is 19.1 Å². The van der Waals surface area contributed by atoms with E-state index in [1.54, 1.807) is 0 Å². The van der Waals surface area contributed by atoms with Gasteiger partial charge in [0.25, 0.3) is 0 Å². The van der Waals surface area contributed by atoms with Crippen molar-refractivity contribution >= 4 is 56.9 Å². The lowest BCUT2D eigenvalue weighted by atomic mass is 9.54. The molecule has 0 spiro atoms.